The van der Waals surface area contributed by atoms with Gasteiger partial charge in [0.2, 0.25) is 0 Å². The highest BCUT2D eigenvalue weighted by atomic mass is 19.2. The Kier molecular flexibility index (Phi) is 3.16. The Balaban J connectivity index is 2.11. The number of amides is 1. The lowest BCUT2D eigenvalue weighted by molar-refractivity contribution is 0.0988. The smallest absolute Gasteiger partial charge is 0.258 e. The van der Waals surface area contributed by atoms with Crippen molar-refractivity contribution in [2.24, 2.45) is 0 Å². The van der Waals surface area contributed by atoms with Gasteiger partial charge in [0.05, 0.1) is 5.69 Å². The van der Waals surface area contributed by atoms with Crippen molar-refractivity contribution in [2.75, 3.05) is 11.4 Å². The van der Waals surface area contributed by atoms with Crippen LogP contribution in [0.3, 0.4) is 0 Å². The zero-order valence-corrected chi connectivity index (χ0v) is 10.7. The molecule has 2 nitrogen and oxygen atoms in total. The molecule has 21 heavy (non-hydrogen) atoms. The summed E-state index contributed by atoms with van der Waals surface area (Å²) in [6.07, 6.45) is -0.0616. The van der Waals surface area contributed by atoms with Gasteiger partial charge in [-0.05, 0) is 18.6 Å². The lowest BCUT2D eigenvalue weighted by Crippen LogP contribution is -2.29. The Morgan fingerprint density at radius 3 is 2.19 bits per heavy atom. The van der Waals surface area contributed by atoms with Crippen LogP contribution in [0.25, 0.3) is 0 Å². The van der Waals surface area contributed by atoms with E-state index in [9.17, 15) is 22.4 Å². The van der Waals surface area contributed by atoms with Gasteiger partial charge >= 0.3 is 0 Å². The molecule has 3 rings (SSSR count). The van der Waals surface area contributed by atoms with Gasteiger partial charge < -0.3 is 4.90 Å². The predicted molar refractivity (Wildman–Crippen MR) is 68.1 cm³/mol. The van der Waals surface area contributed by atoms with Gasteiger partial charge in [-0.15, -0.1) is 0 Å². The summed E-state index contributed by atoms with van der Waals surface area (Å²) in [6, 6.07) is 7.95. The maximum absolute atomic E-state index is 13.9. The molecule has 1 amide bonds. The van der Waals surface area contributed by atoms with Gasteiger partial charge in [0, 0.05) is 17.7 Å². The van der Waals surface area contributed by atoms with Crippen LogP contribution in [0, 0.1) is 23.3 Å². The first-order valence-electron chi connectivity index (χ1n) is 6.24. The molecule has 2 aromatic carbocycles. The second kappa shape index (κ2) is 4.87. The summed E-state index contributed by atoms with van der Waals surface area (Å²) in [5, 5.41) is 0. The third-order valence-electron chi connectivity index (χ3n) is 3.46. The topological polar surface area (TPSA) is 20.3 Å². The highest BCUT2D eigenvalue weighted by Gasteiger charge is 2.35. The number of carbonyl (C=O) groups excluding carboxylic acids is 1. The fourth-order valence-electron chi connectivity index (χ4n) is 2.45. The zero-order valence-electron chi connectivity index (χ0n) is 10.7. The molecule has 0 N–H and O–H groups in total. The van der Waals surface area contributed by atoms with E-state index in [1.165, 1.54) is 12.1 Å². The van der Waals surface area contributed by atoms with Crippen LogP contribution in [-0.2, 0) is 6.42 Å². The third kappa shape index (κ3) is 1.98. The fraction of sp³-hybridized carbons (Fsp3) is 0.133. The van der Waals surface area contributed by atoms with Crippen molar-refractivity contribution in [2.45, 2.75) is 6.42 Å². The number of rotatable bonds is 1. The molecule has 2 aromatic rings. The van der Waals surface area contributed by atoms with Crippen molar-refractivity contribution in [3.63, 3.8) is 0 Å². The van der Waals surface area contributed by atoms with Crippen LogP contribution >= 0.6 is 0 Å². The summed E-state index contributed by atoms with van der Waals surface area (Å²) in [7, 11) is 0. The summed E-state index contributed by atoms with van der Waals surface area (Å²) >= 11 is 0. The van der Waals surface area contributed by atoms with Crippen molar-refractivity contribution in [3.05, 3.63) is 64.7 Å². The third-order valence-corrected chi connectivity index (χ3v) is 3.46. The molecule has 1 aliphatic heterocycles. The van der Waals surface area contributed by atoms with Crippen LogP contribution in [0.1, 0.15) is 15.9 Å². The minimum atomic E-state index is -1.90. The van der Waals surface area contributed by atoms with Crippen LogP contribution in [-0.4, -0.2) is 12.5 Å². The summed E-state index contributed by atoms with van der Waals surface area (Å²) in [6.45, 7) is -0.0280. The predicted octanol–water partition coefficient (Wildman–Crippen LogP) is 3.45. The van der Waals surface area contributed by atoms with E-state index in [1.54, 1.807) is 18.2 Å². The number of nitrogens with zero attached hydrogens (tertiary/aromatic N) is 1. The number of fused-ring (bicyclic) bond motifs is 1. The quantitative estimate of drug-likeness (QED) is 0.448. The number of benzene rings is 2. The van der Waals surface area contributed by atoms with Crippen molar-refractivity contribution >= 4 is 11.6 Å². The summed E-state index contributed by atoms with van der Waals surface area (Å²) in [5.74, 6) is -7.31. The lowest BCUT2D eigenvalue weighted by atomic mass is 10.1. The second-order valence-corrected chi connectivity index (χ2v) is 4.66. The Morgan fingerprint density at radius 1 is 0.905 bits per heavy atom. The molecule has 0 radical (unpaired) electrons. The van der Waals surface area contributed by atoms with Gasteiger partial charge in [-0.25, -0.2) is 17.6 Å². The van der Waals surface area contributed by atoms with Gasteiger partial charge in [-0.2, -0.15) is 0 Å². The highest BCUT2D eigenvalue weighted by molar-refractivity contribution is 6.07. The number of hydrogen-bond acceptors (Lipinski definition) is 1. The van der Waals surface area contributed by atoms with E-state index in [1.807, 2.05) is 0 Å². The molecule has 1 heterocycles. The van der Waals surface area contributed by atoms with Gasteiger partial charge in [0.25, 0.3) is 5.91 Å². The SMILES string of the molecule is O=C(c1ccccc1)N1CCc2c(F)c(F)c(F)c(F)c21. The van der Waals surface area contributed by atoms with Gasteiger partial charge in [0.15, 0.2) is 23.3 Å². The lowest BCUT2D eigenvalue weighted by Gasteiger charge is -2.18. The maximum Gasteiger partial charge on any atom is 0.258 e. The fourth-order valence-corrected chi connectivity index (χ4v) is 2.45. The first-order chi connectivity index (χ1) is 10.0. The van der Waals surface area contributed by atoms with Crippen molar-refractivity contribution in [1.29, 1.82) is 0 Å². The molecule has 0 fully saturated rings. The van der Waals surface area contributed by atoms with Gasteiger partial charge in [-0.3, -0.25) is 4.79 Å². The molecule has 108 valence electrons. The molecular weight excluding hydrogens is 286 g/mol. The standard InChI is InChI=1S/C15H9F4NO/c16-10-9-6-7-20(14(9)13(19)12(18)11(10)17)15(21)8-4-2-1-3-5-8/h1-5H,6-7H2. The average Bonchev–Trinajstić information content (AvgIpc) is 2.96. The van der Waals surface area contributed by atoms with Crippen molar-refractivity contribution < 1.29 is 22.4 Å². The normalized spacial score (nSPS) is 13.4. The van der Waals surface area contributed by atoms with E-state index < -0.39 is 34.9 Å². The second-order valence-electron chi connectivity index (χ2n) is 4.66. The van der Waals surface area contributed by atoms with Gasteiger partial charge in [-0.1, -0.05) is 18.2 Å². The van der Waals surface area contributed by atoms with Crippen molar-refractivity contribution in [3.8, 4) is 0 Å². The molecule has 6 heteroatoms. The monoisotopic (exact) mass is 295 g/mol. The number of carbonyl (C=O) groups is 1. The summed E-state index contributed by atoms with van der Waals surface area (Å²) in [4.78, 5) is 13.2. The Bertz CT molecular complexity index is 730. The number of hydrogen-bond donors (Lipinski definition) is 0. The van der Waals surface area contributed by atoms with Crippen LogP contribution < -0.4 is 4.90 Å². The molecule has 0 bridgehead atoms. The van der Waals surface area contributed by atoms with Crippen LogP contribution in [0.15, 0.2) is 30.3 Å². The molecule has 1 aliphatic rings. The summed E-state index contributed by atoms with van der Waals surface area (Å²) < 4.78 is 54.1. The van der Waals surface area contributed by atoms with Crippen LogP contribution in [0.5, 0.6) is 0 Å². The molecule has 0 aromatic heterocycles. The highest BCUT2D eigenvalue weighted by Crippen LogP contribution is 2.36. The molecule has 0 aliphatic carbocycles. The minimum absolute atomic E-state index is 0.0280. The van der Waals surface area contributed by atoms with E-state index in [0.29, 0.717) is 0 Å². The van der Waals surface area contributed by atoms with Crippen LogP contribution in [0.2, 0.25) is 0 Å². The molecule has 0 saturated heterocycles. The number of halogens is 4. The Hall–Kier alpha value is -2.37. The van der Waals surface area contributed by atoms with Crippen LogP contribution in [0.4, 0.5) is 23.2 Å². The van der Waals surface area contributed by atoms with E-state index >= 15 is 0 Å². The first-order valence-corrected chi connectivity index (χ1v) is 6.24. The van der Waals surface area contributed by atoms with Gasteiger partial charge in [0.1, 0.15) is 0 Å². The van der Waals surface area contributed by atoms with Crippen molar-refractivity contribution in [1.82, 2.24) is 0 Å². The Labute approximate surface area is 117 Å². The van der Waals surface area contributed by atoms with E-state index in [0.717, 1.165) is 4.90 Å². The molecule has 0 atom stereocenters. The van der Waals surface area contributed by atoms with E-state index in [4.69, 9.17) is 0 Å². The molecule has 0 spiro atoms. The van der Waals surface area contributed by atoms with E-state index in [-0.39, 0.29) is 24.1 Å². The van der Waals surface area contributed by atoms with E-state index in [2.05, 4.69) is 0 Å². The average molecular weight is 295 g/mol. The molecule has 0 saturated carbocycles. The zero-order chi connectivity index (χ0) is 15.1. The molecular formula is C15H9F4NO. The minimum Gasteiger partial charge on any atom is -0.305 e. The first kappa shape index (κ1) is 13.6. The Morgan fingerprint density at radius 2 is 1.52 bits per heavy atom. The number of anilines is 1. The largest absolute Gasteiger partial charge is 0.305 e. The maximum atomic E-state index is 13.9. The summed E-state index contributed by atoms with van der Waals surface area (Å²) in [5.41, 5.74) is -0.564. The molecule has 0 unspecified atom stereocenters.